The van der Waals surface area contributed by atoms with Gasteiger partial charge in [0.2, 0.25) is 5.91 Å². The first-order valence-electron chi connectivity index (χ1n) is 7.35. The average Bonchev–Trinajstić information content (AvgIpc) is 2.36. The minimum atomic E-state index is -0.622. The molecule has 0 radical (unpaired) electrons. The van der Waals surface area contributed by atoms with Crippen molar-refractivity contribution in [3.63, 3.8) is 0 Å². The van der Waals surface area contributed by atoms with Gasteiger partial charge in [0.05, 0.1) is 5.60 Å². The Morgan fingerprint density at radius 1 is 1.37 bits per heavy atom. The minimum absolute atomic E-state index is 0.0729. The maximum absolute atomic E-state index is 12.2. The quantitative estimate of drug-likeness (QED) is 0.823. The van der Waals surface area contributed by atoms with Crippen molar-refractivity contribution in [1.29, 1.82) is 0 Å². The summed E-state index contributed by atoms with van der Waals surface area (Å²) in [7, 11) is 0. The summed E-state index contributed by atoms with van der Waals surface area (Å²) >= 11 is 0. The number of rotatable bonds is 3. The molecule has 2 atom stereocenters. The molecule has 1 rings (SSSR count). The van der Waals surface area contributed by atoms with Crippen molar-refractivity contribution >= 4 is 5.91 Å². The van der Waals surface area contributed by atoms with Crippen LogP contribution in [0.25, 0.3) is 0 Å². The lowest BCUT2D eigenvalue weighted by atomic mass is 9.87. The van der Waals surface area contributed by atoms with Crippen molar-refractivity contribution in [1.82, 2.24) is 4.90 Å². The van der Waals surface area contributed by atoms with Crippen LogP contribution in [0.2, 0.25) is 0 Å². The number of hydrogen-bond donors (Lipinski definition) is 2. The van der Waals surface area contributed by atoms with Gasteiger partial charge in [-0.1, -0.05) is 20.8 Å². The molecule has 4 heteroatoms. The molecular weight excluding hydrogens is 240 g/mol. The van der Waals surface area contributed by atoms with E-state index in [1.165, 1.54) is 0 Å². The highest BCUT2D eigenvalue weighted by atomic mass is 16.3. The van der Waals surface area contributed by atoms with Gasteiger partial charge in [-0.25, -0.2) is 0 Å². The molecule has 0 aromatic rings. The molecule has 1 heterocycles. The summed E-state index contributed by atoms with van der Waals surface area (Å²) < 4.78 is 0. The molecule has 0 bridgehead atoms. The van der Waals surface area contributed by atoms with E-state index in [0.717, 1.165) is 25.8 Å². The second-order valence-corrected chi connectivity index (χ2v) is 7.46. The van der Waals surface area contributed by atoms with Crippen LogP contribution in [0.5, 0.6) is 0 Å². The van der Waals surface area contributed by atoms with E-state index in [2.05, 4.69) is 20.8 Å². The molecule has 0 aromatic carbocycles. The van der Waals surface area contributed by atoms with Crippen LogP contribution >= 0.6 is 0 Å². The largest absolute Gasteiger partial charge is 0.390 e. The van der Waals surface area contributed by atoms with E-state index in [-0.39, 0.29) is 17.4 Å². The van der Waals surface area contributed by atoms with Crippen molar-refractivity contribution in [3.8, 4) is 0 Å². The van der Waals surface area contributed by atoms with Crippen molar-refractivity contribution < 1.29 is 9.90 Å². The van der Waals surface area contributed by atoms with Crippen molar-refractivity contribution in [2.24, 2.45) is 11.1 Å². The number of likely N-dealkylation sites (tertiary alicyclic amines) is 1. The zero-order valence-electron chi connectivity index (χ0n) is 12.9. The molecule has 3 N–H and O–H groups in total. The summed E-state index contributed by atoms with van der Waals surface area (Å²) in [6.45, 7) is 9.67. The smallest absolute Gasteiger partial charge is 0.224 e. The number of aliphatic hydroxyl groups is 1. The van der Waals surface area contributed by atoms with Gasteiger partial charge in [0.15, 0.2) is 0 Å². The molecule has 4 nitrogen and oxygen atoms in total. The molecule has 112 valence electrons. The van der Waals surface area contributed by atoms with Gasteiger partial charge in [0.1, 0.15) is 0 Å². The minimum Gasteiger partial charge on any atom is -0.390 e. The van der Waals surface area contributed by atoms with E-state index in [1.54, 1.807) is 0 Å². The van der Waals surface area contributed by atoms with Crippen molar-refractivity contribution in [2.45, 2.75) is 71.4 Å². The molecule has 2 unspecified atom stereocenters. The monoisotopic (exact) mass is 270 g/mol. The molecule has 0 saturated carbocycles. The number of carbonyl (C=O) groups is 1. The summed E-state index contributed by atoms with van der Waals surface area (Å²) in [5, 5.41) is 10.0. The van der Waals surface area contributed by atoms with Gasteiger partial charge in [-0.3, -0.25) is 4.79 Å². The summed E-state index contributed by atoms with van der Waals surface area (Å²) in [6.07, 6.45) is 3.56. The van der Waals surface area contributed by atoms with Gasteiger partial charge < -0.3 is 15.7 Å². The van der Waals surface area contributed by atoms with Gasteiger partial charge >= 0.3 is 0 Å². The summed E-state index contributed by atoms with van der Waals surface area (Å²) in [6, 6.07) is -0.0729. The number of nitrogens with two attached hydrogens (primary N) is 1. The lowest BCUT2D eigenvalue weighted by molar-refractivity contribution is -0.131. The van der Waals surface area contributed by atoms with Crippen LogP contribution in [0.15, 0.2) is 0 Å². The van der Waals surface area contributed by atoms with Gasteiger partial charge in [0.25, 0.3) is 0 Å². The van der Waals surface area contributed by atoms with Crippen molar-refractivity contribution in [2.75, 3.05) is 13.1 Å². The van der Waals surface area contributed by atoms with E-state index >= 15 is 0 Å². The molecule has 0 aromatic heterocycles. The number of carbonyl (C=O) groups excluding carboxylic acids is 1. The first kappa shape index (κ1) is 16.4. The first-order chi connectivity index (χ1) is 8.59. The summed E-state index contributed by atoms with van der Waals surface area (Å²) in [5.41, 5.74) is 5.60. The Hall–Kier alpha value is -0.610. The second kappa shape index (κ2) is 6.23. The third-order valence-corrected chi connectivity index (χ3v) is 3.73. The lowest BCUT2D eigenvalue weighted by Crippen LogP contribution is -2.38. The van der Waals surface area contributed by atoms with Crippen LogP contribution in [0, 0.1) is 5.41 Å². The second-order valence-electron chi connectivity index (χ2n) is 7.46. The van der Waals surface area contributed by atoms with Gasteiger partial charge in [-0.2, -0.15) is 0 Å². The first-order valence-corrected chi connectivity index (χ1v) is 7.35. The van der Waals surface area contributed by atoms with Crippen LogP contribution in [-0.4, -0.2) is 40.6 Å². The molecule has 1 saturated heterocycles. The standard InChI is InChI=1S/C15H30N2O2/c1-14(2,3)11-12(16)10-13(18)17-8-5-6-15(4,19)7-9-17/h12,19H,5-11,16H2,1-4H3. The van der Waals surface area contributed by atoms with E-state index in [1.807, 2.05) is 11.8 Å². The highest BCUT2D eigenvalue weighted by Crippen LogP contribution is 2.24. The number of amides is 1. The Morgan fingerprint density at radius 3 is 2.58 bits per heavy atom. The fourth-order valence-electron chi connectivity index (χ4n) is 2.72. The third-order valence-electron chi connectivity index (χ3n) is 3.73. The van der Waals surface area contributed by atoms with E-state index in [4.69, 9.17) is 5.73 Å². The molecule has 0 aliphatic carbocycles. The highest BCUT2D eigenvalue weighted by molar-refractivity contribution is 5.76. The molecule has 1 aliphatic heterocycles. The molecule has 1 fully saturated rings. The van der Waals surface area contributed by atoms with Crippen LogP contribution in [0.3, 0.4) is 0 Å². The van der Waals surface area contributed by atoms with Gasteiger partial charge in [-0.15, -0.1) is 0 Å². The number of hydrogen-bond acceptors (Lipinski definition) is 3. The molecular formula is C15H30N2O2. The van der Waals surface area contributed by atoms with E-state index in [0.29, 0.717) is 19.4 Å². The predicted octanol–water partition coefficient (Wildman–Crippen LogP) is 1.90. The van der Waals surface area contributed by atoms with E-state index < -0.39 is 5.60 Å². The van der Waals surface area contributed by atoms with Crippen LogP contribution in [0.1, 0.15) is 59.8 Å². The molecule has 0 spiro atoms. The Bertz CT molecular complexity index is 308. The van der Waals surface area contributed by atoms with Crippen LogP contribution in [-0.2, 0) is 4.79 Å². The molecule has 19 heavy (non-hydrogen) atoms. The fourth-order valence-corrected chi connectivity index (χ4v) is 2.72. The zero-order chi connectivity index (χ0) is 14.7. The van der Waals surface area contributed by atoms with Gasteiger partial charge in [0, 0.05) is 25.6 Å². The van der Waals surface area contributed by atoms with Crippen LogP contribution in [0.4, 0.5) is 0 Å². The lowest BCUT2D eigenvalue weighted by Gasteiger charge is -2.26. The SMILES string of the molecule is CC(C)(C)CC(N)CC(=O)N1CCCC(C)(O)CC1. The fraction of sp³-hybridized carbons (Fsp3) is 0.933. The van der Waals surface area contributed by atoms with Gasteiger partial charge in [-0.05, 0) is 38.0 Å². The maximum Gasteiger partial charge on any atom is 0.224 e. The average molecular weight is 270 g/mol. The third kappa shape index (κ3) is 6.39. The topological polar surface area (TPSA) is 66.6 Å². The molecule has 1 amide bonds. The maximum atomic E-state index is 12.2. The summed E-state index contributed by atoms with van der Waals surface area (Å²) in [4.78, 5) is 14.1. The zero-order valence-corrected chi connectivity index (χ0v) is 12.9. The Labute approximate surface area is 117 Å². The van der Waals surface area contributed by atoms with Crippen LogP contribution < -0.4 is 5.73 Å². The van der Waals surface area contributed by atoms with E-state index in [9.17, 15) is 9.90 Å². The predicted molar refractivity (Wildman–Crippen MR) is 77.7 cm³/mol. The highest BCUT2D eigenvalue weighted by Gasteiger charge is 2.28. The Balaban J connectivity index is 2.45. The Morgan fingerprint density at radius 2 is 2.00 bits per heavy atom. The number of nitrogens with zero attached hydrogens (tertiary/aromatic N) is 1. The molecule has 1 aliphatic rings. The summed E-state index contributed by atoms with van der Waals surface area (Å²) in [5.74, 6) is 0.134. The normalized spacial score (nSPS) is 26.9. The van der Waals surface area contributed by atoms with Crippen molar-refractivity contribution in [3.05, 3.63) is 0 Å². The Kier molecular flexibility index (Phi) is 5.39.